The van der Waals surface area contributed by atoms with Crippen LogP contribution in [0.4, 0.5) is 0 Å². The minimum Gasteiger partial charge on any atom is -0.458 e. The highest BCUT2D eigenvalue weighted by Gasteiger charge is 2.45. The smallest absolute Gasteiger partial charge is 0.343 e. The van der Waals surface area contributed by atoms with E-state index < -0.39 is 11.6 Å². The van der Waals surface area contributed by atoms with E-state index in [2.05, 4.69) is 11.8 Å². The van der Waals surface area contributed by atoms with E-state index in [9.17, 15) is 19.5 Å². The molecule has 2 aromatic heterocycles. The number of aliphatic hydroxyl groups is 1. The first-order valence-corrected chi connectivity index (χ1v) is 12.4. The van der Waals surface area contributed by atoms with E-state index in [1.807, 2.05) is 31.2 Å². The van der Waals surface area contributed by atoms with Crippen LogP contribution in [0.2, 0.25) is 0 Å². The Hall–Kier alpha value is -4.00. The molecule has 0 bridgehead atoms. The van der Waals surface area contributed by atoms with Gasteiger partial charge < -0.3 is 25.0 Å². The number of para-hydroxylation sites is 1. The topological polar surface area (TPSA) is 128 Å². The van der Waals surface area contributed by atoms with E-state index in [0.717, 1.165) is 22.0 Å². The van der Waals surface area contributed by atoms with E-state index >= 15 is 0 Å². The van der Waals surface area contributed by atoms with Crippen molar-refractivity contribution in [1.82, 2.24) is 14.5 Å². The van der Waals surface area contributed by atoms with E-state index in [-0.39, 0.29) is 48.7 Å². The van der Waals surface area contributed by atoms with Gasteiger partial charge in [-0.25, -0.2) is 9.78 Å². The van der Waals surface area contributed by atoms with Crippen LogP contribution >= 0.6 is 0 Å². The zero-order chi connectivity index (χ0) is 26.3. The molecular formula is C28H28N4O5. The summed E-state index contributed by atoms with van der Waals surface area (Å²) in [7, 11) is 0. The summed E-state index contributed by atoms with van der Waals surface area (Å²) in [4.78, 5) is 44.4. The first-order valence-electron chi connectivity index (χ1n) is 12.4. The zero-order valence-electron chi connectivity index (χ0n) is 20.8. The number of carbonyl (C=O) groups is 2. The molecule has 37 heavy (non-hydrogen) atoms. The number of amides is 1. The van der Waals surface area contributed by atoms with Crippen molar-refractivity contribution in [3.8, 4) is 23.2 Å². The number of nitrogens with two attached hydrogens (primary N) is 1. The predicted octanol–water partition coefficient (Wildman–Crippen LogP) is 1.63. The molecule has 5 rings (SSSR count). The summed E-state index contributed by atoms with van der Waals surface area (Å²) in [6.07, 6.45) is 0.549. The van der Waals surface area contributed by atoms with Crippen molar-refractivity contribution in [2.24, 2.45) is 5.73 Å². The van der Waals surface area contributed by atoms with Gasteiger partial charge in [-0.15, -0.1) is 0 Å². The number of benzene rings is 1. The summed E-state index contributed by atoms with van der Waals surface area (Å²) in [5, 5.41) is 12.0. The SMILES string of the molecule is CCN(CCC#Cc1c2c(nc3ccccc13)-c1cc3c(c(=O)n1C2)COC(=O)[C@]3(O)CC)C(=O)CN. The quantitative estimate of drug-likeness (QED) is 0.315. The Bertz CT molecular complexity index is 1560. The van der Waals surface area contributed by atoms with Crippen LogP contribution in [0.5, 0.6) is 0 Å². The van der Waals surface area contributed by atoms with E-state index in [1.165, 1.54) is 0 Å². The number of ether oxygens (including phenoxy) is 1. The maximum Gasteiger partial charge on any atom is 0.343 e. The maximum absolute atomic E-state index is 13.5. The lowest BCUT2D eigenvalue weighted by molar-refractivity contribution is -0.172. The number of likely N-dealkylation sites (N-methyl/N-ethyl adjacent to an activating group) is 1. The van der Waals surface area contributed by atoms with Crippen LogP contribution in [0.1, 0.15) is 48.9 Å². The summed E-state index contributed by atoms with van der Waals surface area (Å²) in [5.74, 6) is 5.60. The fraction of sp³-hybridized carbons (Fsp3) is 0.357. The van der Waals surface area contributed by atoms with Crippen molar-refractivity contribution in [1.29, 1.82) is 0 Å². The second kappa shape index (κ2) is 9.47. The summed E-state index contributed by atoms with van der Waals surface area (Å²) in [6, 6.07) is 9.33. The molecule has 0 saturated heterocycles. The van der Waals surface area contributed by atoms with E-state index in [4.69, 9.17) is 15.5 Å². The molecular weight excluding hydrogens is 472 g/mol. The van der Waals surface area contributed by atoms with Gasteiger partial charge in [-0.3, -0.25) is 9.59 Å². The summed E-state index contributed by atoms with van der Waals surface area (Å²) in [6.45, 7) is 4.66. The number of aromatic nitrogens is 2. The number of cyclic esters (lactones) is 1. The van der Waals surface area contributed by atoms with E-state index in [0.29, 0.717) is 30.9 Å². The molecule has 0 saturated carbocycles. The molecule has 190 valence electrons. The van der Waals surface area contributed by atoms with Crippen LogP contribution in [0, 0.1) is 11.8 Å². The molecule has 0 spiro atoms. The molecule has 1 aromatic carbocycles. The number of hydrogen-bond donors (Lipinski definition) is 2. The molecule has 9 nitrogen and oxygen atoms in total. The Morgan fingerprint density at radius 1 is 1.27 bits per heavy atom. The molecule has 2 aliphatic heterocycles. The third-order valence-electron chi connectivity index (χ3n) is 7.22. The first kappa shape index (κ1) is 24.7. The number of pyridine rings is 2. The van der Waals surface area contributed by atoms with Gasteiger partial charge in [0.1, 0.15) is 6.61 Å². The van der Waals surface area contributed by atoms with Gasteiger partial charge >= 0.3 is 5.97 Å². The van der Waals surface area contributed by atoms with Crippen LogP contribution in [-0.4, -0.2) is 51.1 Å². The number of hydrogen-bond acceptors (Lipinski definition) is 7. The average Bonchev–Trinajstić information content (AvgIpc) is 3.28. The molecule has 3 N–H and O–H groups in total. The van der Waals surface area contributed by atoms with Crippen LogP contribution < -0.4 is 11.3 Å². The number of esters is 1. The fourth-order valence-corrected chi connectivity index (χ4v) is 5.10. The van der Waals surface area contributed by atoms with Gasteiger partial charge in [0, 0.05) is 41.6 Å². The Labute approximate surface area is 213 Å². The molecule has 1 atom stereocenters. The van der Waals surface area contributed by atoms with Gasteiger partial charge in [-0.2, -0.15) is 0 Å². The summed E-state index contributed by atoms with van der Waals surface area (Å²) in [5.41, 5.74) is 7.32. The molecule has 4 heterocycles. The fourth-order valence-electron chi connectivity index (χ4n) is 5.10. The molecule has 0 fully saturated rings. The lowest BCUT2D eigenvalue weighted by Crippen LogP contribution is -2.44. The van der Waals surface area contributed by atoms with Crippen molar-refractivity contribution >= 4 is 22.8 Å². The Kier molecular flexibility index (Phi) is 6.31. The third kappa shape index (κ3) is 3.89. The normalized spacial score (nSPS) is 17.4. The van der Waals surface area contributed by atoms with Crippen LogP contribution in [0.15, 0.2) is 35.1 Å². The third-order valence-corrected chi connectivity index (χ3v) is 7.22. The van der Waals surface area contributed by atoms with Gasteiger partial charge in [0.05, 0.1) is 35.6 Å². The van der Waals surface area contributed by atoms with Gasteiger partial charge in [0.2, 0.25) is 5.91 Å². The van der Waals surface area contributed by atoms with Crippen molar-refractivity contribution < 1.29 is 19.4 Å². The molecule has 3 aromatic rings. The molecule has 0 aliphatic carbocycles. The predicted molar refractivity (Wildman–Crippen MR) is 137 cm³/mol. The number of fused-ring (bicyclic) bond motifs is 5. The molecule has 9 heteroatoms. The number of carbonyl (C=O) groups excluding carboxylic acids is 2. The van der Waals surface area contributed by atoms with E-state index in [1.54, 1.807) is 22.5 Å². The van der Waals surface area contributed by atoms with Gasteiger partial charge in [0.15, 0.2) is 5.60 Å². The maximum atomic E-state index is 13.5. The van der Waals surface area contributed by atoms with Gasteiger partial charge in [-0.1, -0.05) is 37.0 Å². The van der Waals surface area contributed by atoms with Crippen LogP contribution in [-0.2, 0) is 33.1 Å². The van der Waals surface area contributed by atoms with Crippen molar-refractivity contribution in [2.45, 2.75) is 45.4 Å². The number of rotatable bonds is 5. The molecule has 0 unspecified atom stereocenters. The second-order valence-corrected chi connectivity index (χ2v) is 9.16. The summed E-state index contributed by atoms with van der Waals surface area (Å²) >= 11 is 0. The lowest BCUT2D eigenvalue weighted by Gasteiger charge is -2.31. The molecule has 0 radical (unpaired) electrons. The monoisotopic (exact) mass is 500 g/mol. The number of nitrogens with zero attached hydrogens (tertiary/aromatic N) is 3. The Morgan fingerprint density at radius 3 is 2.78 bits per heavy atom. The standard InChI is InChI=1S/C28H28N4O5/c1-3-28(36)21-13-23-25-19(15-32(23)26(34)20(21)16-37-27(28)35)17(18-10-5-6-11-22(18)30-25)9-7-8-12-31(4-2)24(33)14-29/h5-6,10-11,13,36H,3-4,8,12,14-16,29H2,1-2H3/t28-/m0/s1. The van der Waals surface area contributed by atoms with Crippen molar-refractivity contribution in [2.75, 3.05) is 19.6 Å². The van der Waals surface area contributed by atoms with Gasteiger partial charge in [-0.05, 0) is 25.5 Å². The average molecular weight is 501 g/mol. The Morgan fingerprint density at radius 2 is 2.05 bits per heavy atom. The highest BCUT2D eigenvalue weighted by atomic mass is 16.6. The lowest BCUT2D eigenvalue weighted by atomic mass is 9.86. The van der Waals surface area contributed by atoms with Crippen molar-refractivity contribution in [3.63, 3.8) is 0 Å². The minimum atomic E-state index is -1.88. The van der Waals surface area contributed by atoms with Crippen LogP contribution in [0.3, 0.4) is 0 Å². The van der Waals surface area contributed by atoms with Crippen LogP contribution in [0.25, 0.3) is 22.3 Å². The second-order valence-electron chi connectivity index (χ2n) is 9.16. The summed E-state index contributed by atoms with van der Waals surface area (Å²) < 4.78 is 6.76. The van der Waals surface area contributed by atoms with Gasteiger partial charge in [0.25, 0.3) is 5.56 Å². The Balaban J connectivity index is 1.63. The minimum absolute atomic E-state index is 0.0372. The first-order chi connectivity index (χ1) is 17.8. The highest BCUT2D eigenvalue weighted by Crippen LogP contribution is 2.39. The highest BCUT2D eigenvalue weighted by molar-refractivity contribution is 5.91. The van der Waals surface area contributed by atoms with Crippen molar-refractivity contribution in [3.05, 3.63) is 62.9 Å². The molecule has 1 amide bonds. The largest absolute Gasteiger partial charge is 0.458 e. The zero-order valence-corrected chi connectivity index (χ0v) is 20.8. The molecule has 2 aliphatic rings.